The van der Waals surface area contributed by atoms with Crippen molar-refractivity contribution in [2.45, 2.75) is 20.5 Å². The lowest BCUT2D eigenvalue weighted by molar-refractivity contribution is 0.279. The molecule has 0 aliphatic rings. The molecule has 6 heteroatoms. The van der Waals surface area contributed by atoms with Crippen LogP contribution in [0.3, 0.4) is 0 Å². The molecule has 0 aliphatic heterocycles. The van der Waals surface area contributed by atoms with Crippen LogP contribution in [0.4, 0.5) is 14.6 Å². The Labute approximate surface area is 115 Å². The van der Waals surface area contributed by atoms with Gasteiger partial charge in [-0.25, -0.2) is 18.7 Å². The maximum absolute atomic E-state index is 13.4. The molecule has 1 aromatic heterocycles. The summed E-state index contributed by atoms with van der Waals surface area (Å²) in [4.78, 5) is 8.42. The third-order valence-corrected chi connectivity index (χ3v) is 2.51. The van der Waals surface area contributed by atoms with Crippen LogP contribution < -0.4 is 10.1 Å². The van der Waals surface area contributed by atoms with E-state index in [1.54, 1.807) is 6.07 Å². The van der Waals surface area contributed by atoms with Crippen LogP contribution >= 0.6 is 0 Å². The summed E-state index contributed by atoms with van der Waals surface area (Å²) in [6.45, 7) is 4.49. The second kappa shape index (κ2) is 6.27. The Balaban J connectivity index is 2.12. The minimum Gasteiger partial charge on any atom is -0.482 e. The predicted octanol–water partition coefficient (Wildman–Crippen LogP) is 3.07. The molecular formula is C14H15F2N3O. The lowest BCUT2D eigenvalue weighted by atomic mass is 10.3. The molecule has 0 radical (unpaired) electrons. The number of hydrogen-bond donors (Lipinski definition) is 1. The van der Waals surface area contributed by atoms with Crippen LogP contribution in [-0.4, -0.2) is 16.5 Å². The summed E-state index contributed by atoms with van der Waals surface area (Å²) in [7, 11) is 0. The average Bonchev–Trinajstić information content (AvgIpc) is 2.40. The Hall–Kier alpha value is -2.24. The highest BCUT2D eigenvalue weighted by atomic mass is 19.1. The van der Waals surface area contributed by atoms with Gasteiger partial charge in [0.25, 0.3) is 0 Å². The summed E-state index contributed by atoms with van der Waals surface area (Å²) in [5.74, 6) is -0.242. The van der Waals surface area contributed by atoms with Crippen LogP contribution in [0.2, 0.25) is 0 Å². The molecule has 0 atom stereocenters. The van der Waals surface area contributed by atoms with Gasteiger partial charge >= 0.3 is 0 Å². The summed E-state index contributed by atoms with van der Waals surface area (Å²) in [6, 6.07) is 4.85. The van der Waals surface area contributed by atoms with E-state index in [-0.39, 0.29) is 12.4 Å². The Kier molecular flexibility index (Phi) is 4.45. The first kappa shape index (κ1) is 14.2. The number of anilines is 1. The van der Waals surface area contributed by atoms with E-state index in [0.717, 1.165) is 30.4 Å². The van der Waals surface area contributed by atoms with Crippen LogP contribution in [0.5, 0.6) is 5.75 Å². The quantitative estimate of drug-likeness (QED) is 0.913. The van der Waals surface area contributed by atoms with Gasteiger partial charge in [0.2, 0.25) is 0 Å². The molecule has 1 N–H and O–H groups in total. The van der Waals surface area contributed by atoms with E-state index in [2.05, 4.69) is 15.3 Å². The van der Waals surface area contributed by atoms with Gasteiger partial charge in [0.05, 0.1) is 0 Å². The average molecular weight is 279 g/mol. The highest BCUT2D eigenvalue weighted by molar-refractivity contribution is 5.35. The number of aryl methyl sites for hydroxylation is 1. The largest absolute Gasteiger partial charge is 0.482 e. The van der Waals surface area contributed by atoms with Crippen molar-refractivity contribution < 1.29 is 13.5 Å². The molecule has 0 unspecified atom stereocenters. The topological polar surface area (TPSA) is 47.0 Å². The second-order valence-electron chi connectivity index (χ2n) is 4.20. The predicted molar refractivity (Wildman–Crippen MR) is 71.6 cm³/mol. The van der Waals surface area contributed by atoms with Gasteiger partial charge in [-0.15, -0.1) is 0 Å². The van der Waals surface area contributed by atoms with Crippen LogP contribution in [-0.2, 0) is 6.61 Å². The number of benzene rings is 1. The Morgan fingerprint density at radius 1 is 1.20 bits per heavy atom. The zero-order valence-corrected chi connectivity index (χ0v) is 11.3. The van der Waals surface area contributed by atoms with Crippen LogP contribution in [0.25, 0.3) is 0 Å². The number of rotatable bonds is 5. The van der Waals surface area contributed by atoms with E-state index < -0.39 is 11.6 Å². The summed E-state index contributed by atoms with van der Waals surface area (Å²) < 4.78 is 31.6. The van der Waals surface area contributed by atoms with Crippen molar-refractivity contribution >= 4 is 5.82 Å². The lowest BCUT2D eigenvalue weighted by Crippen LogP contribution is -2.07. The van der Waals surface area contributed by atoms with E-state index in [1.165, 1.54) is 0 Å². The summed E-state index contributed by atoms with van der Waals surface area (Å²) in [6.07, 6.45) is 0. The number of aromatic nitrogens is 2. The van der Waals surface area contributed by atoms with Crippen LogP contribution in [0.1, 0.15) is 18.4 Å². The van der Waals surface area contributed by atoms with Crippen molar-refractivity contribution in [2.24, 2.45) is 0 Å². The Bertz CT molecular complexity index is 605. The Morgan fingerprint density at radius 2 is 2.00 bits per heavy atom. The second-order valence-corrected chi connectivity index (χ2v) is 4.20. The standard InChI is InChI=1S/C14H15F2N3O/c1-3-17-13-6-9(2)18-14(19-13)8-20-12-7-10(15)4-5-11(12)16/h4-7H,3,8H2,1-2H3,(H,17,18,19). The third-order valence-electron chi connectivity index (χ3n) is 2.51. The first-order valence-electron chi connectivity index (χ1n) is 6.24. The van der Waals surface area contributed by atoms with Crippen molar-refractivity contribution in [2.75, 3.05) is 11.9 Å². The highest BCUT2D eigenvalue weighted by Crippen LogP contribution is 2.19. The molecule has 1 heterocycles. The number of nitrogens with zero attached hydrogens (tertiary/aromatic N) is 2. The smallest absolute Gasteiger partial charge is 0.168 e. The molecule has 0 saturated carbocycles. The fraction of sp³-hybridized carbons (Fsp3) is 0.286. The molecule has 0 amide bonds. The summed E-state index contributed by atoms with van der Waals surface area (Å²) >= 11 is 0. The van der Waals surface area contributed by atoms with Gasteiger partial charge in [-0.3, -0.25) is 0 Å². The van der Waals surface area contributed by atoms with Gasteiger partial charge in [-0.1, -0.05) is 0 Å². The van der Waals surface area contributed by atoms with E-state index in [9.17, 15) is 8.78 Å². The van der Waals surface area contributed by atoms with Gasteiger partial charge in [-0.2, -0.15) is 0 Å². The molecule has 2 rings (SSSR count). The van der Waals surface area contributed by atoms with Gasteiger partial charge in [0.1, 0.15) is 18.2 Å². The van der Waals surface area contributed by atoms with E-state index >= 15 is 0 Å². The van der Waals surface area contributed by atoms with Crippen molar-refractivity contribution in [3.8, 4) is 5.75 Å². The SMILES string of the molecule is CCNc1cc(C)nc(COc2cc(F)ccc2F)n1. The van der Waals surface area contributed by atoms with Gasteiger partial charge in [-0.05, 0) is 26.0 Å². The van der Waals surface area contributed by atoms with Crippen molar-refractivity contribution in [1.29, 1.82) is 0 Å². The summed E-state index contributed by atoms with van der Waals surface area (Å²) in [5, 5.41) is 3.07. The molecule has 0 bridgehead atoms. The van der Waals surface area contributed by atoms with E-state index in [4.69, 9.17) is 4.74 Å². The number of halogens is 2. The minimum absolute atomic E-state index is 0.0273. The zero-order valence-electron chi connectivity index (χ0n) is 11.3. The molecular weight excluding hydrogens is 264 g/mol. The van der Waals surface area contributed by atoms with Gasteiger partial charge in [0.15, 0.2) is 17.4 Å². The van der Waals surface area contributed by atoms with Crippen molar-refractivity contribution in [3.63, 3.8) is 0 Å². The zero-order chi connectivity index (χ0) is 14.5. The third kappa shape index (κ3) is 3.63. The number of nitrogens with one attached hydrogen (secondary N) is 1. The maximum Gasteiger partial charge on any atom is 0.168 e. The number of hydrogen-bond acceptors (Lipinski definition) is 4. The molecule has 0 saturated heterocycles. The van der Waals surface area contributed by atoms with E-state index in [1.807, 2.05) is 13.8 Å². The Morgan fingerprint density at radius 3 is 2.75 bits per heavy atom. The molecule has 4 nitrogen and oxygen atoms in total. The van der Waals surface area contributed by atoms with Gasteiger partial charge in [0, 0.05) is 24.4 Å². The molecule has 0 fully saturated rings. The van der Waals surface area contributed by atoms with Crippen molar-refractivity contribution in [3.05, 3.63) is 47.4 Å². The summed E-state index contributed by atoms with van der Waals surface area (Å²) in [5.41, 5.74) is 0.772. The molecule has 106 valence electrons. The molecule has 0 aliphatic carbocycles. The normalized spacial score (nSPS) is 10.4. The first-order valence-corrected chi connectivity index (χ1v) is 6.24. The van der Waals surface area contributed by atoms with Crippen LogP contribution in [0.15, 0.2) is 24.3 Å². The molecule has 1 aromatic carbocycles. The maximum atomic E-state index is 13.4. The molecule has 2 aromatic rings. The van der Waals surface area contributed by atoms with Crippen LogP contribution in [0, 0.1) is 18.6 Å². The molecule has 20 heavy (non-hydrogen) atoms. The minimum atomic E-state index is -0.619. The monoisotopic (exact) mass is 279 g/mol. The fourth-order valence-electron chi connectivity index (χ4n) is 1.70. The van der Waals surface area contributed by atoms with Crippen molar-refractivity contribution in [1.82, 2.24) is 9.97 Å². The first-order chi connectivity index (χ1) is 9.58. The lowest BCUT2D eigenvalue weighted by Gasteiger charge is -2.09. The van der Waals surface area contributed by atoms with E-state index in [0.29, 0.717) is 11.6 Å². The fourth-order valence-corrected chi connectivity index (χ4v) is 1.70. The number of ether oxygens (including phenoxy) is 1. The highest BCUT2D eigenvalue weighted by Gasteiger charge is 2.07. The van der Waals surface area contributed by atoms with Gasteiger partial charge < -0.3 is 10.1 Å². The molecule has 0 spiro atoms.